The number of amides is 2. The van der Waals surface area contributed by atoms with Crippen molar-refractivity contribution in [1.82, 2.24) is 15.5 Å². The zero-order valence-corrected chi connectivity index (χ0v) is 20.8. The SMILES string of the molecule is COC(=O)NCCC/C(=C/C(=N)[C@@H](C)N(C(=O)[C@H]1CNCCO1)C1CC1)Nc1ccccc1OC. The van der Waals surface area contributed by atoms with Gasteiger partial charge in [0.1, 0.15) is 11.9 Å². The first kappa shape index (κ1) is 26.5. The number of rotatable bonds is 12. The number of methoxy groups -OCH3 is 2. The van der Waals surface area contributed by atoms with Gasteiger partial charge in [-0.3, -0.25) is 4.79 Å². The van der Waals surface area contributed by atoms with Crippen molar-refractivity contribution in [3.8, 4) is 5.75 Å². The molecule has 2 fully saturated rings. The van der Waals surface area contributed by atoms with Crippen LogP contribution >= 0.6 is 0 Å². The highest BCUT2D eigenvalue weighted by atomic mass is 16.5. The van der Waals surface area contributed by atoms with E-state index in [0.29, 0.717) is 44.0 Å². The average Bonchev–Trinajstić information content (AvgIpc) is 3.72. The standard InChI is InChI=1S/C25H37N5O5/c1-17(30(19-10-11-19)24(31)23-16-27-13-14-35-23)20(26)15-18(7-6-12-28-25(32)34-3)29-21-8-4-5-9-22(21)33-2/h4-5,8-9,15,17,19,23,26-27,29H,6-7,10-14,16H2,1-3H3,(H,28,32)/b18-15-,26-20?/t17-,23-/m1/s1. The molecule has 0 unspecified atom stereocenters. The van der Waals surface area contributed by atoms with E-state index in [9.17, 15) is 9.59 Å². The summed E-state index contributed by atoms with van der Waals surface area (Å²) in [5.74, 6) is 0.620. The van der Waals surface area contributed by atoms with Crippen molar-refractivity contribution in [1.29, 1.82) is 5.41 Å². The molecule has 1 heterocycles. The third kappa shape index (κ3) is 7.69. The minimum absolute atomic E-state index is 0.0631. The van der Waals surface area contributed by atoms with E-state index < -0.39 is 18.2 Å². The monoisotopic (exact) mass is 487 g/mol. The Morgan fingerprint density at radius 2 is 2.09 bits per heavy atom. The topological polar surface area (TPSA) is 125 Å². The van der Waals surface area contributed by atoms with Crippen molar-refractivity contribution < 1.29 is 23.8 Å². The highest BCUT2D eigenvalue weighted by molar-refractivity contribution is 6.00. The molecule has 4 N–H and O–H groups in total. The first-order valence-corrected chi connectivity index (χ1v) is 12.1. The fourth-order valence-corrected chi connectivity index (χ4v) is 4.02. The second-order valence-corrected chi connectivity index (χ2v) is 8.69. The number of para-hydroxylation sites is 2. The lowest BCUT2D eigenvalue weighted by Gasteiger charge is -2.34. The molecular formula is C25H37N5O5. The number of nitrogens with one attached hydrogen (secondary N) is 4. The first-order chi connectivity index (χ1) is 16.9. The molecule has 0 spiro atoms. The molecule has 2 atom stereocenters. The Bertz CT molecular complexity index is 911. The van der Waals surface area contributed by atoms with E-state index >= 15 is 0 Å². The fourth-order valence-electron chi connectivity index (χ4n) is 4.02. The van der Waals surface area contributed by atoms with E-state index in [0.717, 1.165) is 30.8 Å². The van der Waals surface area contributed by atoms with Crippen LogP contribution in [0.3, 0.4) is 0 Å². The molecule has 1 aromatic carbocycles. The molecule has 2 amide bonds. The van der Waals surface area contributed by atoms with Crippen LogP contribution in [0.25, 0.3) is 0 Å². The average molecular weight is 488 g/mol. The van der Waals surface area contributed by atoms with E-state index in [-0.39, 0.29) is 11.9 Å². The van der Waals surface area contributed by atoms with Crippen LogP contribution in [-0.4, -0.2) is 81.3 Å². The number of carbonyl (C=O) groups is 2. The molecule has 1 aliphatic heterocycles. The summed E-state index contributed by atoms with van der Waals surface area (Å²) in [4.78, 5) is 26.4. The van der Waals surface area contributed by atoms with E-state index in [1.165, 1.54) is 7.11 Å². The van der Waals surface area contributed by atoms with Crippen LogP contribution in [0.1, 0.15) is 32.6 Å². The largest absolute Gasteiger partial charge is 0.495 e. The Kier molecular flexibility index (Phi) is 9.92. The Morgan fingerprint density at radius 1 is 1.31 bits per heavy atom. The normalized spacial score (nSPS) is 18.8. The Balaban J connectivity index is 1.74. The van der Waals surface area contributed by atoms with Gasteiger partial charge >= 0.3 is 6.09 Å². The van der Waals surface area contributed by atoms with Crippen LogP contribution < -0.4 is 20.7 Å². The molecule has 10 heteroatoms. The van der Waals surface area contributed by atoms with Crippen molar-refractivity contribution in [2.24, 2.45) is 0 Å². The van der Waals surface area contributed by atoms with Crippen molar-refractivity contribution in [2.75, 3.05) is 45.8 Å². The smallest absolute Gasteiger partial charge is 0.406 e. The minimum Gasteiger partial charge on any atom is -0.495 e. The molecule has 0 radical (unpaired) electrons. The zero-order valence-electron chi connectivity index (χ0n) is 20.8. The summed E-state index contributed by atoms with van der Waals surface area (Å²) >= 11 is 0. The van der Waals surface area contributed by atoms with Gasteiger partial charge < -0.3 is 40.5 Å². The van der Waals surface area contributed by atoms with Crippen LogP contribution in [0.15, 0.2) is 36.0 Å². The predicted octanol–water partition coefficient (Wildman–Crippen LogP) is 2.51. The third-order valence-corrected chi connectivity index (χ3v) is 6.07. The van der Waals surface area contributed by atoms with Gasteiger partial charge in [0.2, 0.25) is 0 Å². The minimum atomic E-state index is -0.515. The predicted molar refractivity (Wildman–Crippen MR) is 134 cm³/mol. The Morgan fingerprint density at radius 3 is 2.74 bits per heavy atom. The maximum Gasteiger partial charge on any atom is 0.406 e. The quantitative estimate of drug-likeness (QED) is 0.264. The van der Waals surface area contributed by atoms with Crippen molar-refractivity contribution >= 4 is 23.4 Å². The summed E-state index contributed by atoms with van der Waals surface area (Å²) in [5.41, 5.74) is 1.89. The highest BCUT2D eigenvalue weighted by Gasteiger charge is 2.40. The van der Waals surface area contributed by atoms with Gasteiger partial charge in [0.05, 0.1) is 38.3 Å². The fraction of sp³-hybridized carbons (Fsp3) is 0.560. The summed E-state index contributed by atoms with van der Waals surface area (Å²) < 4.78 is 15.8. The summed E-state index contributed by atoms with van der Waals surface area (Å²) in [6.07, 6.45) is 3.88. The van der Waals surface area contributed by atoms with Gasteiger partial charge in [-0.15, -0.1) is 0 Å². The second kappa shape index (κ2) is 13.1. The molecule has 2 aliphatic rings. The van der Waals surface area contributed by atoms with Gasteiger partial charge in [-0.05, 0) is 50.8 Å². The van der Waals surface area contributed by atoms with E-state index in [1.54, 1.807) is 13.2 Å². The summed E-state index contributed by atoms with van der Waals surface area (Å²) in [6, 6.07) is 7.30. The van der Waals surface area contributed by atoms with Crippen molar-refractivity contribution in [3.63, 3.8) is 0 Å². The van der Waals surface area contributed by atoms with E-state index in [4.69, 9.17) is 14.9 Å². The number of nitrogens with zero attached hydrogens (tertiary/aromatic N) is 1. The zero-order chi connectivity index (χ0) is 25.2. The number of anilines is 1. The molecule has 0 aromatic heterocycles. The van der Waals surface area contributed by atoms with Crippen LogP contribution in [0.2, 0.25) is 0 Å². The molecular weight excluding hydrogens is 450 g/mol. The van der Waals surface area contributed by atoms with Gasteiger partial charge in [0.25, 0.3) is 5.91 Å². The number of morpholine rings is 1. The summed E-state index contributed by atoms with van der Waals surface area (Å²) in [5, 5.41) is 18.1. The number of alkyl carbamates (subject to hydrolysis) is 1. The molecule has 35 heavy (non-hydrogen) atoms. The maximum atomic E-state index is 13.2. The second-order valence-electron chi connectivity index (χ2n) is 8.69. The lowest BCUT2D eigenvalue weighted by atomic mass is 10.1. The molecule has 1 saturated carbocycles. The number of hydrogen-bond acceptors (Lipinski definition) is 8. The van der Waals surface area contributed by atoms with Crippen LogP contribution in [0.5, 0.6) is 5.75 Å². The number of allylic oxidation sites excluding steroid dienone is 1. The van der Waals surface area contributed by atoms with Crippen molar-refractivity contribution in [3.05, 3.63) is 36.0 Å². The Hall–Kier alpha value is -3.11. The number of hydrogen-bond donors (Lipinski definition) is 4. The summed E-state index contributed by atoms with van der Waals surface area (Å²) in [6.45, 7) is 4.06. The number of carbonyl (C=O) groups excluding carboxylic acids is 2. The van der Waals surface area contributed by atoms with Gasteiger partial charge in [0.15, 0.2) is 0 Å². The van der Waals surface area contributed by atoms with Gasteiger partial charge in [0, 0.05) is 31.4 Å². The van der Waals surface area contributed by atoms with Crippen molar-refractivity contribution in [2.45, 2.75) is 50.8 Å². The van der Waals surface area contributed by atoms with E-state index in [1.807, 2.05) is 36.1 Å². The van der Waals surface area contributed by atoms with Gasteiger partial charge in [-0.1, -0.05) is 12.1 Å². The lowest BCUT2D eigenvalue weighted by Crippen LogP contribution is -2.54. The van der Waals surface area contributed by atoms with E-state index in [2.05, 4.69) is 20.7 Å². The number of ether oxygens (including phenoxy) is 3. The van der Waals surface area contributed by atoms with Gasteiger partial charge in [-0.2, -0.15) is 0 Å². The molecule has 1 saturated heterocycles. The lowest BCUT2D eigenvalue weighted by molar-refractivity contribution is -0.146. The molecule has 1 aromatic rings. The Labute approximate surface area is 206 Å². The third-order valence-electron chi connectivity index (χ3n) is 6.07. The number of benzene rings is 1. The van der Waals surface area contributed by atoms with Crippen LogP contribution in [-0.2, 0) is 14.3 Å². The van der Waals surface area contributed by atoms with Crippen LogP contribution in [0, 0.1) is 5.41 Å². The molecule has 3 rings (SSSR count). The highest BCUT2D eigenvalue weighted by Crippen LogP contribution is 2.31. The molecule has 10 nitrogen and oxygen atoms in total. The molecule has 0 bridgehead atoms. The van der Waals surface area contributed by atoms with Gasteiger partial charge in [-0.25, -0.2) is 4.79 Å². The summed E-state index contributed by atoms with van der Waals surface area (Å²) in [7, 11) is 2.93. The van der Waals surface area contributed by atoms with Crippen LogP contribution in [0.4, 0.5) is 10.5 Å². The maximum absolute atomic E-state index is 13.2. The first-order valence-electron chi connectivity index (χ1n) is 12.1. The molecule has 192 valence electrons. The molecule has 1 aliphatic carbocycles.